The molecule has 0 unspecified atom stereocenters. The van der Waals surface area contributed by atoms with E-state index in [2.05, 4.69) is 121 Å². The van der Waals surface area contributed by atoms with Crippen LogP contribution in [0.15, 0.2) is 131 Å². The largest absolute Gasteiger partial charge is 0.252 e. The van der Waals surface area contributed by atoms with E-state index in [0.717, 1.165) is 23.5 Å². The molecule has 36 heavy (non-hydrogen) atoms. The van der Waals surface area contributed by atoms with E-state index in [1.165, 1.54) is 49.9 Å². The minimum Gasteiger partial charge on any atom is -0.252 e. The van der Waals surface area contributed by atoms with Crippen LogP contribution in [0, 0.1) is 0 Å². The van der Waals surface area contributed by atoms with Crippen LogP contribution in [0.25, 0.3) is 21.9 Å². The van der Waals surface area contributed by atoms with Crippen LogP contribution in [0.2, 0.25) is 0 Å². The quantitative estimate of drug-likeness (QED) is 0.289. The van der Waals surface area contributed by atoms with Crippen LogP contribution < -0.4 is 0 Å². The molecule has 0 bridgehead atoms. The average molecular weight is 459 g/mol. The lowest BCUT2D eigenvalue weighted by Crippen LogP contribution is -2.36. The molecule has 2 aliphatic heterocycles. The first kappa shape index (κ1) is 19.7. The molecule has 2 aliphatic carbocycles. The number of rotatable bonds is 2. The second-order valence-corrected chi connectivity index (χ2v) is 9.73. The first-order valence-electron chi connectivity index (χ1n) is 12.5. The molecule has 0 aromatic heterocycles. The molecule has 2 heterocycles. The molecule has 0 saturated carbocycles. The summed E-state index contributed by atoms with van der Waals surface area (Å²) in [4.78, 5) is 10.3. The molecular weight excluding hydrogens is 436 g/mol. The van der Waals surface area contributed by atoms with Gasteiger partial charge in [-0.3, -0.25) is 9.98 Å². The number of benzene rings is 4. The van der Waals surface area contributed by atoms with Crippen molar-refractivity contribution in [3.8, 4) is 0 Å². The Balaban J connectivity index is 1.37. The fraction of sp³-hybridized carbons (Fsp3) is 0.0588. The van der Waals surface area contributed by atoms with Gasteiger partial charge in [-0.15, -0.1) is 0 Å². The Hall–Kier alpha value is -4.56. The number of nitrogens with zero attached hydrogens (tertiary/aromatic N) is 2. The van der Waals surface area contributed by atoms with Gasteiger partial charge in [0.15, 0.2) is 0 Å². The smallest absolute Gasteiger partial charge is 0.0814 e. The third-order valence-corrected chi connectivity index (χ3v) is 7.90. The van der Waals surface area contributed by atoms with Gasteiger partial charge in [-0.1, -0.05) is 109 Å². The van der Waals surface area contributed by atoms with Gasteiger partial charge >= 0.3 is 0 Å². The summed E-state index contributed by atoms with van der Waals surface area (Å²) in [6.07, 6.45) is 14.2. The van der Waals surface area contributed by atoms with Gasteiger partial charge in [-0.2, -0.15) is 0 Å². The Kier molecular flexibility index (Phi) is 3.96. The summed E-state index contributed by atoms with van der Waals surface area (Å²) in [7, 11) is 0. The molecule has 168 valence electrons. The Morgan fingerprint density at radius 3 is 1.89 bits per heavy atom. The predicted octanol–water partition coefficient (Wildman–Crippen LogP) is 8.29. The molecule has 0 fully saturated rings. The maximum atomic E-state index is 5.35. The Bertz CT molecular complexity index is 1740. The minimum atomic E-state index is -0.443. The standard InChI is InChI=1S/C34H22N2/c1-3-10-22(11-4-1)34(23-12-5-2-6-13-23)21-9-15-27-32-25-17-19-29-31(26-14-7-8-16-28(26)35-29)24(25)18-20-30(32)36-33(27)34/h1-15,17-21H,16H2. The maximum Gasteiger partial charge on any atom is 0.0814 e. The van der Waals surface area contributed by atoms with Gasteiger partial charge in [-0.05, 0) is 34.0 Å². The van der Waals surface area contributed by atoms with E-state index in [0.29, 0.717) is 0 Å². The van der Waals surface area contributed by atoms with E-state index >= 15 is 0 Å². The van der Waals surface area contributed by atoms with Crippen molar-refractivity contribution in [1.82, 2.24) is 0 Å². The number of allylic oxidation sites excluding steroid dienone is 8. The molecule has 0 spiro atoms. The molecule has 4 aromatic rings. The number of aliphatic imine (C=N–C) groups is 2. The SMILES string of the molecule is C1=CCC2=Nc3ccc4c5c(ccc4c3C2=C1)N=C1C5=CC=CC1(c1ccccc1)c1ccccc1. The molecule has 0 saturated heterocycles. The molecule has 4 aliphatic rings. The van der Waals surface area contributed by atoms with Crippen LogP contribution in [0.1, 0.15) is 28.7 Å². The van der Waals surface area contributed by atoms with E-state index < -0.39 is 5.41 Å². The molecule has 0 amide bonds. The van der Waals surface area contributed by atoms with Gasteiger partial charge in [-0.25, -0.2) is 0 Å². The van der Waals surface area contributed by atoms with Crippen molar-refractivity contribution in [1.29, 1.82) is 0 Å². The fourth-order valence-electron chi connectivity index (χ4n) is 6.33. The third kappa shape index (κ3) is 2.51. The number of fused-ring (bicyclic) bond motifs is 9. The summed E-state index contributed by atoms with van der Waals surface area (Å²) in [5.74, 6) is 0. The molecule has 0 N–H and O–H groups in total. The van der Waals surface area contributed by atoms with Crippen molar-refractivity contribution in [3.63, 3.8) is 0 Å². The van der Waals surface area contributed by atoms with Gasteiger partial charge in [0.05, 0.1) is 28.2 Å². The van der Waals surface area contributed by atoms with Crippen molar-refractivity contribution in [2.45, 2.75) is 11.8 Å². The van der Waals surface area contributed by atoms with Crippen LogP contribution in [-0.2, 0) is 5.41 Å². The first-order valence-corrected chi connectivity index (χ1v) is 12.5. The highest BCUT2D eigenvalue weighted by atomic mass is 14.8. The Morgan fingerprint density at radius 1 is 0.583 bits per heavy atom. The zero-order valence-corrected chi connectivity index (χ0v) is 19.6. The van der Waals surface area contributed by atoms with Gasteiger partial charge < -0.3 is 0 Å². The minimum absolute atomic E-state index is 0.443. The average Bonchev–Trinajstić information content (AvgIpc) is 3.52. The topological polar surface area (TPSA) is 24.7 Å². The molecule has 4 aromatic carbocycles. The molecule has 0 radical (unpaired) electrons. The van der Waals surface area contributed by atoms with Crippen LogP contribution in [0.3, 0.4) is 0 Å². The van der Waals surface area contributed by atoms with E-state index in [9.17, 15) is 0 Å². The molecule has 0 atom stereocenters. The third-order valence-electron chi connectivity index (χ3n) is 7.90. The Morgan fingerprint density at radius 2 is 1.19 bits per heavy atom. The van der Waals surface area contributed by atoms with Crippen molar-refractivity contribution >= 4 is 44.7 Å². The maximum absolute atomic E-state index is 5.35. The highest BCUT2D eigenvalue weighted by Gasteiger charge is 2.43. The summed E-state index contributed by atoms with van der Waals surface area (Å²) in [5.41, 5.74) is 11.4. The predicted molar refractivity (Wildman–Crippen MR) is 151 cm³/mol. The highest BCUT2D eigenvalue weighted by Crippen LogP contribution is 2.52. The summed E-state index contributed by atoms with van der Waals surface area (Å²) < 4.78 is 0. The lowest BCUT2D eigenvalue weighted by Gasteiger charge is -2.35. The second kappa shape index (κ2) is 7.22. The second-order valence-electron chi connectivity index (χ2n) is 9.73. The van der Waals surface area contributed by atoms with Gasteiger partial charge in [0.2, 0.25) is 0 Å². The van der Waals surface area contributed by atoms with Crippen molar-refractivity contribution in [2.75, 3.05) is 0 Å². The summed E-state index contributed by atoms with van der Waals surface area (Å²) in [6.45, 7) is 0. The summed E-state index contributed by atoms with van der Waals surface area (Å²) in [5, 5.41) is 2.50. The number of hydrogen-bond acceptors (Lipinski definition) is 2. The van der Waals surface area contributed by atoms with Crippen molar-refractivity contribution < 1.29 is 0 Å². The lowest BCUT2D eigenvalue weighted by atomic mass is 9.66. The normalized spacial score (nSPS) is 18.0. The van der Waals surface area contributed by atoms with Gasteiger partial charge in [0, 0.05) is 28.7 Å². The van der Waals surface area contributed by atoms with Gasteiger partial charge in [0.25, 0.3) is 0 Å². The van der Waals surface area contributed by atoms with Gasteiger partial charge in [0.1, 0.15) is 0 Å². The first-order chi connectivity index (χ1) is 17.8. The van der Waals surface area contributed by atoms with Crippen molar-refractivity contribution in [2.24, 2.45) is 9.98 Å². The van der Waals surface area contributed by atoms with E-state index in [4.69, 9.17) is 9.98 Å². The Labute approximate surface area is 210 Å². The number of hydrogen-bond donors (Lipinski definition) is 0. The lowest BCUT2D eigenvalue weighted by molar-refractivity contribution is 0.871. The van der Waals surface area contributed by atoms with Crippen LogP contribution in [0.5, 0.6) is 0 Å². The highest BCUT2D eigenvalue weighted by molar-refractivity contribution is 6.39. The molecular formula is C34H22N2. The summed E-state index contributed by atoms with van der Waals surface area (Å²) in [6, 6.07) is 30.4. The zero-order valence-electron chi connectivity index (χ0n) is 19.6. The zero-order chi connectivity index (χ0) is 23.7. The van der Waals surface area contributed by atoms with E-state index in [-0.39, 0.29) is 0 Å². The molecule has 2 nitrogen and oxygen atoms in total. The molecule has 8 rings (SSSR count). The van der Waals surface area contributed by atoms with Crippen molar-refractivity contribution in [3.05, 3.63) is 144 Å². The van der Waals surface area contributed by atoms with E-state index in [1.54, 1.807) is 0 Å². The summed E-state index contributed by atoms with van der Waals surface area (Å²) >= 11 is 0. The fourth-order valence-corrected chi connectivity index (χ4v) is 6.33. The van der Waals surface area contributed by atoms with E-state index in [1.807, 2.05) is 0 Å². The van der Waals surface area contributed by atoms with Crippen LogP contribution in [-0.4, -0.2) is 11.4 Å². The van der Waals surface area contributed by atoms with Crippen LogP contribution >= 0.6 is 0 Å². The van der Waals surface area contributed by atoms with Crippen LogP contribution in [0.4, 0.5) is 11.4 Å². The molecule has 2 heteroatoms. The monoisotopic (exact) mass is 458 g/mol.